The van der Waals surface area contributed by atoms with Gasteiger partial charge in [-0.1, -0.05) is 6.07 Å². The van der Waals surface area contributed by atoms with Crippen LogP contribution in [-0.4, -0.2) is 49.6 Å². The Balaban J connectivity index is 1.69. The van der Waals surface area contributed by atoms with E-state index in [9.17, 15) is 26.6 Å². The summed E-state index contributed by atoms with van der Waals surface area (Å²) in [7, 11) is -1.24. The topological polar surface area (TPSA) is 187 Å². The van der Waals surface area contributed by atoms with Crippen molar-refractivity contribution in [1.82, 2.24) is 4.58 Å². The lowest BCUT2D eigenvalue weighted by atomic mass is 9.93. The van der Waals surface area contributed by atoms with Gasteiger partial charge in [0.15, 0.2) is 0 Å². The molecule has 16 heteroatoms. The molecule has 0 spiro atoms. The molecule has 0 unspecified atom stereocenters. The Bertz CT molecular complexity index is 2200. The van der Waals surface area contributed by atoms with Crippen LogP contribution in [0.2, 0.25) is 0 Å². The number of nitrogens with two attached hydrogens (primary N) is 1. The fraction of sp³-hybridized carbons (Fsp3) is 0.138. The Hall–Kier alpha value is -4.16. The highest BCUT2D eigenvalue weighted by Gasteiger charge is 2.24. The van der Waals surface area contributed by atoms with Crippen molar-refractivity contribution < 1.29 is 40.4 Å². The highest BCUT2D eigenvalue weighted by atomic mass is 32.2. The van der Waals surface area contributed by atoms with Gasteiger partial charge in [-0.15, -0.1) is 0 Å². The summed E-state index contributed by atoms with van der Waals surface area (Å²) in [5.74, 6) is 0.570. The van der Waals surface area contributed by atoms with E-state index in [4.69, 9.17) is 10.2 Å². The first kappa shape index (κ1) is 32.2. The van der Waals surface area contributed by atoms with Crippen molar-refractivity contribution in [2.75, 3.05) is 43.5 Å². The maximum Gasteiger partial charge on any atom is 0.296 e. The first-order chi connectivity index (χ1) is 21.2. The van der Waals surface area contributed by atoms with Gasteiger partial charge in [0.05, 0.1) is 34.4 Å². The number of anilines is 3. The molecule has 3 aromatic carbocycles. The molecule has 5 rings (SSSR count). The van der Waals surface area contributed by atoms with Gasteiger partial charge in [-0.3, -0.25) is 14.3 Å². The molecule has 0 saturated carbocycles. The van der Waals surface area contributed by atoms with E-state index >= 15 is 0 Å². The maximum atomic E-state index is 13.4. The summed E-state index contributed by atoms with van der Waals surface area (Å²) in [6.45, 7) is 0. The molecule has 1 heterocycles. The van der Waals surface area contributed by atoms with Crippen molar-refractivity contribution in [2.45, 2.75) is 14.7 Å². The molecule has 45 heavy (non-hydrogen) atoms. The number of fused-ring (bicyclic) bond motifs is 2. The molecule has 3 aromatic rings. The summed E-state index contributed by atoms with van der Waals surface area (Å²) >= 11 is 0.530. The van der Waals surface area contributed by atoms with E-state index in [0.717, 1.165) is 40.2 Å². The molecule has 1 aliphatic carbocycles. The quantitative estimate of drug-likeness (QED) is 0.0395. The fourth-order valence-electron chi connectivity index (χ4n) is 4.77. The molecule has 1 aliphatic heterocycles. The number of hydrogen-bond donors (Lipinski definition) is 3. The van der Waals surface area contributed by atoms with Gasteiger partial charge in [0.25, 0.3) is 20.1 Å². The summed E-state index contributed by atoms with van der Waals surface area (Å²) < 4.78 is 74.4. The van der Waals surface area contributed by atoms with Crippen LogP contribution in [-0.2, 0) is 29.5 Å². The molecule has 0 bridgehead atoms. The number of nitrogens with one attached hydrogen (secondary N) is 1. The highest BCUT2D eigenvalue weighted by molar-refractivity contribution is 7.95. The second kappa shape index (κ2) is 12.3. The Kier molecular flexibility index (Phi) is 8.83. The number of benzene rings is 4. The SMILES string of the molecule is CN(C)c1ccc2c(-c3ccc(S(=O)(=O)Nc4ccc(S(=O)(=O)O)c(N)c4)cc3SOO[O-])c3ccc(=[N+](C)C)cc-3oc2c1. The maximum absolute atomic E-state index is 13.4. The summed E-state index contributed by atoms with van der Waals surface area (Å²) in [5.41, 5.74) is 8.73. The van der Waals surface area contributed by atoms with Gasteiger partial charge in [-0.25, -0.2) is 13.0 Å². The van der Waals surface area contributed by atoms with Crippen molar-refractivity contribution in [3.8, 4) is 22.5 Å². The van der Waals surface area contributed by atoms with Crippen LogP contribution in [0.1, 0.15) is 0 Å². The predicted molar refractivity (Wildman–Crippen MR) is 169 cm³/mol. The molecule has 236 valence electrons. The third-order valence-corrected chi connectivity index (χ3v) is 9.89. The lowest BCUT2D eigenvalue weighted by molar-refractivity contribution is -0.777. The van der Waals surface area contributed by atoms with Gasteiger partial charge in [-0.05, 0) is 54.1 Å². The molecule has 0 fully saturated rings. The molecule has 0 radical (unpaired) electrons. The van der Waals surface area contributed by atoms with Crippen LogP contribution >= 0.6 is 12.0 Å². The lowest BCUT2D eigenvalue weighted by Gasteiger charge is -2.20. The average molecular weight is 673 g/mol. The van der Waals surface area contributed by atoms with Crippen molar-refractivity contribution in [3.05, 3.63) is 78.2 Å². The first-order valence-corrected chi connectivity index (χ1v) is 16.7. The van der Waals surface area contributed by atoms with E-state index in [1.165, 1.54) is 12.1 Å². The van der Waals surface area contributed by atoms with Crippen molar-refractivity contribution >= 4 is 60.2 Å². The van der Waals surface area contributed by atoms with Crippen molar-refractivity contribution in [3.63, 3.8) is 0 Å². The number of sulfonamides is 1. The zero-order valence-corrected chi connectivity index (χ0v) is 26.8. The Morgan fingerprint density at radius 1 is 0.956 bits per heavy atom. The van der Waals surface area contributed by atoms with Crippen LogP contribution in [0.3, 0.4) is 0 Å². The summed E-state index contributed by atoms with van der Waals surface area (Å²) in [4.78, 5) is 1.40. The average Bonchev–Trinajstić information content (AvgIpc) is 2.97. The van der Waals surface area contributed by atoms with Crippen LogP contribution in [0.4, 0.5) is 17.1 Å². The van der Waals surface area contributed by atoms with Crippen molar-refractivity contribution in [1.29, 1.82) is 0 Å². The number of nitrogens with zero attached hydrogens (tertiary/aromatic N) is 2. The first-order valence-electron chi connectivity index (χ1n) is 13.1. The second-order valence-electron chi connectivity index (χ2n) is 10.3. The summed E-state index contributed by atoms with van der Waals surface area (Å²) in [6, 6.07) is 18.9. The third kappa shape index (κ3) is 6.62. The van der Waals surface area contributed by atoms with E-state index in [1.807, 2.05) is 74.1 Å². The smallest absolute Gasteiger partial charge is 0.296 e. The normalized spacial score (nSPS) is 12.0. The van der Waals surface area contributed by atoms with Gasteiger partial charge in [0.1, 0.15) is 30.3 Å². The highest BCUT2D eigenvalue weighted by Crippen LogP contribution is 2.44. The summed E-state index contributed by atoms with van der Waals surface area (Å²) in [6.07, 6.45) is 0. The minimum Gasteiger partial charge on any atom is -0.691 e. The van der Waals surface area contributed by atoms with Gasteiger partial charge >= 0.3 is 0 Å². The zero-order valence-electron chi connectivity index (χ0n) is 24.3. The molecule has 0 saturated heterocycles. The van der Waals surface area contributed by atoms with Crippen LogP contribution in [0.15, 0.2) is 91.9 Å². The zero-order chi connectivity index (χ0) is 32.7. The number of hydrogen-bond acceptors (Lipinski definition) is 11. The van der Waals surface area contributed by atoms with E-state index < -0.39 is 25.0 Å². The van der Waals surface area contributed by atoms with E-state index in [2.05, 4.69) is 14.1 Å². The van der Waals surface area contributed by atoms with Crippen LogP contribution in [0.25, 0.3) is 33.4 Å². The molecular formula is C29H28N4O9S3. The van der Waals surface area contributed by atoms with Crippen LogP contribution in [0, 0.1) is 0 Å². The molecular weight excluding hydrogens is 645 g/mol. The molecule has 0 aromatic heterocycles. The predicted octanol–water partition coefficient (Wildman–Crippen LogP) is 3.16. The van der Waals surface area contributed by atoms with Crippen LogP contribution in [0.5, 0.6) is 0 Å². The number of nitrogen functional groups attached to an aromatic ring is 1. The Labute approximate surface area is 263 Å². The lowest BCUT2D eigenvalue weighted by Crippen LogP contribution is -2.21. The minimum absolute atomic E-state index is 0.0487. The molecule has 0 atom stereocenters. The fourth-order valence-corrected chi connectivity index (χ4v) is 7.05. The molecule has 13 nitrogen and oxygen atoms in total. The van der Waals surface area contributed by atoms with Crippen molar-refractivity contribution in [2.24, 2.45) is 0 Å². The molecule has 0 amide bonds. The van der Waals surface area contributed by atoms with Gasteiger partial charge < -0.3 is 20.3 Å². The monoisotopic (exact) mass is 672 g/mol. The Morgan fingerprint density at radius 3 is 2.33 bits per heavy atom. The van der Waals surface area contributed by atoms with Gasteiger partial charge in [0, 0.05) is 53.3 Å². The standard InChI is InChI=1S/C29H28N4O9S3/c1-32(2)18-6-9-21-25(14-18)40-26-15-19(33(3)4)7-10-22(26)29(21)23-11-8-20(16-27(23)43-42-41-34)44(35,36)31-17-5-12-28(24(30)13-17)45(37,38)39/h5-16,31H,30H2,1-4H3,(H-,34,37,38,39). The third-order valence-electron chi connectivity index (χ3n) is 6.95. The Morgan fingerprint density at radius 2 is 1.69 bits per heavy atom. The minimum atomic E-state index is -4.60. The molecule has 4 N–H and O–H groups in total. The van der Waals surface area contributed by atoms with E-state index in [1.54, 1.807) is 6.07 Å². The van der Waals surface area contributed by atoms with Gasteiger partial charge in [-0.2, -0.15) is 12.8 Å². The second-order valence-corrected chi connectivity index (χ2v) is 14.2. The largest absolute Gasteiger partial charge is 0.691 e. The van der Waals surface area contributed by atoms with Crippen LogP contribution < -0.4 is 30.5 Å². The van der Waals surface area contributed by atoms with E-state index in [-0.39, 0.29) is 21.2 Å². The molecule has 2 aliphatic rings. The summed E-state index contributed by atoms with van der Waals surface area (Å²) in [5, 5.41) is 16.1. The number of rotatable bonds is 9. The van der Waals surface area contributed by atoms with Gasteiger partial charge in [0.2, 0.25) is 5.36 Å². The van der Waals surface area contributed by atoms with E-state index in [0.29, 0.717) is 34.5 Å².